The van der Waals surface area contributed by atoms with Crippen LogP contribution in [0.1, 0.15) is 19.3 Å². The van der Waals surface area contributed by atoms with Crippen LogP contribution < -0.4 is 0 Å². The lowest BCUT2D eigenvalue weighted by Gasteiger charge is -2.11. The molecule has 11 heavy (non-hydrogen) atoms. The van der Waals surface area contributed by atoms with Crippen LogP contribution in [0.5, 0.6) is 0 Å². The fraction of sp³-hybridized carbons (Fsp3) is 0.778. The van der Waals surface area contributed by atoms with Gasteiger partial charge in [0.1, 0.15) is 0 Å². The normalized spacial score (nSPS) is 10.0. The molecule has 0 aromatic carbocycles. The lowest BCUT2D eigenvalue weighted by atomic mass is 10.2. The summed E-state index contributed by atoms with van der Waals surface area (Å²) in [6.07, 6.45) is 8.25. The standard InChI is InChI=1S/C9H17NO/c1-3-7-10(2)8-5-4-6-9-11/h1,11H,4-9H2,2H3. The third-order valence-corrected chi connectivity index (χ3v) is 1.56. The van der Waals surface area contributed by atoms with Crippen LogP contribution in [0.15, 0.2) is 0 Å². The molecule has 0 unspecified atom stereocenters. The molecule has 0 aliphatic rings. The molecule has 0 rings (SSSR count). The van der Waals surface area contributed by atoms with E-state index in [9.17, 15) is 0 Å². The fourth-order valence-electron chi connectivity index (χ4n) is 0.905. The summed E-state index contributed by atoms with van der Waals surface area (Å²) in [5.74, 6) is 2.58. The van der Waals surface area contributed by atoms with E-state index in [2.05, 4.69) is 10.8 Å². The van der Waals surface area contributed by atoms with Gasteiger partial charge in [0.15, 0.2) is 0 Å². The van der Waals surface area contributed by atoms with E-state index < -0.39 is 0 Å². The van der Waals surface area contributed by atoms with Gasteiger partial charge in [-0.3, -0.25) is 4.90 Å². The average molecular weight is 155 g/mol. The van der Waals surface area contributed by atoms with Gasteiger partial charge in [0.25, 0.3) is 0 Å². The van der Waals surface area contributed by atoms with Crippen molar-refractivity contribution < 1.29 is 5.11 Å². The minimum atomic E-state index is 0.304. The van der Waals surface area contributed by atoms with Crippen molar-refractivity contribution in [3.05, 3.63) is 0 Å². The summed E-state index contributed by atoms with van der Waals surface area (Å²) in [6.45, 7) is 2.06. The lowest BCUT2D eigenvalue weighted by molar-refractivity contribution is 0.276. The van der Waals surface area contributed by atoms with E-state index in [0.717, 1.165) is 32.4 Å². The van der Waals surface area contributed by atoms with Crippen molar-refractivity contribution in [1.82, 2.24) is 4.90 Å². The van der Waals surface area contributed by atoms with E-state index in [0.29, 0.717) is 6.61 Å². The molecule has 64 valence electrons. The van der Waals surface area contributed by atoms with Gasteiger partial charge in [0, 0.05) is 6.61 Å². The summed E-state index contributed by atoms with van der Waals surface area (Å²) >= 11 is 0. The number of unbranched alkanes of at least 4 members (excludes halogenated alkanes) is 2. The minimum Gasteiger partial charge on any atom is -0.396 e. The zero-order valence-electron chi connectivity index (χ0n) is 7.21. The molecule has 0 bridgehead atoms. The fourth-order valence-corrected chi connectivity index (χ4v) is 0.905. The van der Waals surface area contributed by atoms with Gasteiger partial charge in [-0.2, -0.15) is 0 Å². The average Bonchev–Trinajstić information content (AvgIpc) is 1.99. The topological polar surface area (TPSA) is 23.5 Å². The van der Waals surface area contributed by atoms with Gasteiger partial charge in [0.2, 0.25) is 0 Å². The van der Waals surface area contributed by atoms with E-state index >= 15 is 0 Å². The smallest absolute Gasteiger partial charge is 0.0596 e. The highest BCUT2D eigenvalue weighted by Crippen LogP contribution is 1.95. The van der Waals surface area contributed by atoms with E-state index in [4.69, 9.17) is 11.5 Å². The van der Waals surface area contributed by atoms with Crippen LogP contribution in [0.25, 0.3) is 0 Å². The molecule has 0 aliphatic carbocycles. The van der Waals surface area contributed by atoms with Crippen molar-refractivity contribution in [3.8, 4) is 12.3 Å². The second-order valence-corrected chi connectivity index (χ2v) is 2.73. The molecule has 0 aromatic rings. The molecule has 0 spiro atoms. The van der Waals surface area contributed by atoms with Crippen molar-refractivity contribution in [2.75, 3.05) is 26.7 Å². The summed E-state index contributed by atoms with van der Waals surface area (Å²) in [4.78, 5) is 2.11. The van der Waals surface area contributed by atoms with Crippen molar-refractivity contribution in [1.29, 1.82) is 0 Å². The van der Waals surface area contributed by atoms with Gasteiger partial charge < -0.3 is 5.11 Å². The maximum atomic E-state index is 8.49. The molecule has 0 aliphatic heterocycles. The van der Waals surface area contributed by atoms with Gasteiger partial charge in [-0.25, -0.2) is 0 Å². The van der Waals surface area contributed by atoms with Gasteiger partial charge in [-0.15, -0.1) is 6.42 Å². The Kier molecular flexibility index (Phi) is 7.23. The molecule has 0 amide bonds. The maximum absolute atomic E-state index is 8.49. The van der Waals surface area contributed by atoms with Crippen LogP contribution >= 0.6 is 0 Å². The Morgan fingerprint density at radius 3 is 2.64 bits per heavy atom. The molecule has 2 heteroatoms. The highest BCUT2D eigenvalue weighted by atomic mass is 16.2. The first-order valence-corrected chi connectivity index (χ1v) is 4.04. The van der Waals surface area contributed by atoms with E-state index in [-0.39, 0.29) is 0 Å². The molecule has 0 saturated heterocycles. The Morgan fingerprint density at radius 2 is 2.09 bits per heavy atom. The first-order valence-electron chi connectivity index (χ1n) is 4.04. The van der Waals surface area contributed by atoms with Crippen molar-refractivity contribution in [2.45, 2.75) is 19.3 Å². The largest absolute Gasteiger partial charge is 0.396 e. The zero-order valence-corrected chi connectivity index (χ0v) is 7.21. The molecule has 2 nitrogen and oxygen atoms in total. The molecular formula is C9H17NO. The summed E-state index contributed by atoms with van der Waals surface area (Å²) in [6, 6.07) is 0. The molecule has 0 fully saturated rings. The Balaban J connectivity index is 3.05. The first-order chi connectivity index (χ1) is 5.31. The number of nitrogens with zero attached hydrogens (tertiary/aromatic N) is 1. The number of terminal acetylenes is 1. The molecule has 0 aromatic heterocycles. The van der Waals surface area contributed by atoms with Gasteiger partial charge >= 0.3 is 0 Å². The number of aliphatic hydroxyl groups is 1. The molecular weight excluding hydrogens is 138 g/mol. The van der Waals surface area contributed by atoms with Crippen LogP contribution in [-0.4, -0.2) is 36.8 Å². The predicted molar refractivity (Wildman–Crippen MR) is 47.3 cm³/mol. The Bertz CT molecular complexity index is 117. The van der Waals surface area contributed by atoms with Gasteiger partial charge in [-0.05, 0) is 32.9 Å². The Morgan fingerprint density at radius 1 is 1.36 bits per heavy atom. The van der Waals surface area contributed by atoms with Crippen LogP contribution in [0.2, 0.25) is 0 Å². The number of hydrogen-bond acceptors (Lipinski definition) is 2. The Hall–Kier alpha value is -0.520. The van der Waals surface area contributed by atoms with Crippen molar-refractivity contribution >= 4 is 0 Å². The summed E-state index contributed by atoms with van der Waals surface area (Å²) < 4.78 is 0. The van der Waals surface area contributed by atoms with E-state index in [1.807, 2.05) is 7.05 Å². The summed E-state index contributed by atoms with van der Waals surface area (Å²) in [7, 11) is 2.01. The van der Waals surface area contributed by atoms with E-state index in [1.54, 1.807) is 0 Å². The van der Waals surface area contributed by atoms with Crippen LogP contribution in [0.4, 0.5) is 0 Å². The summed E-state index contributed by atoms with van der Waals surface area (Å²) in [5.41, 5.74) is 0. The maximum Gasteiger partial charge on any atom is 0.0596 e. The number of hydrogen-bond donors (Lipinski definition) is 1. The van der Waals surface area contributed by atoms with E-state index in [1.165, 1.54) is 0 Å². The minimum absolute atomic E-state index is 0.304. The second kappa shape index (κ2) is 7.59. The highest BCUT2D eigenvalue weighted by Gasteiger charge is 1.93. The second-order valence-electron chi connectivity index (χ2n) is 2.73. The monoisotopic (exact) mass is 155 g/mol. The third kappa shape index (κ3) is 7.38. The number of rotatable bonds is 6. The van der Waals surface area contributed by atoms with Gasteiger partial charge in [-0.1, -0.05) is 5.92 Å². The van der Waals surface area contributed by atoms with Crippen LogP contribution in [-0.2, 0) is 0 Å². The lowest BCUT2D eigenvalue weighted by Crippen LogP contribution is -2.19. The van der Waals surface area contributed by atoms with Crippen LogP contribution in [0, 0.1) is 12.3 Å². The van der Waals surface area contributed by atoms with Gasteiger partial charge in [0.05, 0.1) is 6.54 Å². The molecule has 0 radical (unpaired) electrons. The zero-order chi connectivity index (χ0) is 8.53. The predicted octanol–water partition coefficient (Wildman–Crippen LogP) is 0.714. The van der Waals surface area contributed by atoms with Crippen molar-refractivity contribution in [3.63, 3.8) is 0 Å². The SMILES string of the molecule is C#CCN(C)CCCCCO. The molecule has 0 saturated carbocycles. The Labute approximate surface area is 69.2 Å². The number of aliphatic hydroxyl groups excluding tert-OH is 1. The molecule has 0 heterocycles. The summed E-state index contributed by atoms with van der Waals surface area (Å²) in [5, 5.41) is 8.49. The van der Waals surface area contributed by atoms with Crippen LogP contribution in [0.3, 0.4) is 0 Å². The molecule has 0 atom stereocenters. The molecule has 1 N–H and O–H groups in total. The van der Waals surface area contributed by atoms with Crippen molar-refractivity contribution in [2.24, 2.45) is 0 Å². The first kappa shape index (κ1) is 10.5. The third-order valence-electron chi connectivity index (χ3n) is 1.56. The quantitative estimate of drug-likeness (QED) is 0.451. The highest BCUT2D eigenvalue weighted by molar-refractivity contribution is 4.86.